The monoisotopic (exact) mass is 1020 g/mol. The summed E-state index contributed by atoms with van der Waals surface area (Å²) in [4.78, 5) is 34.6. The van der Waals surface area contributed by atoms with E-state index >= 15 is 0 Å². The fourth-order valence-electron chi connectivity index (χ4n) is 10.9. The molecule has 0 saturated carbocycles. The van der Waals surface area contributed by atoms with Gasteiger partial charge in [-0.3, -0.25) is 9.63 Å². The number of carbonyl (C=O) groups is 1. The van der Waals surface area contributed by atoms with Crippen LogP contribution in [0, 0.1) is 11.8 Å². The normalized spacial score (nSPS) is 32.5. The van der Waals surface area contributed by atoms with Crippen molar-refractivity contribution in [3.8, 4) is 0 Å². The number of amides is 1. The zero-order chi connectivity index (χ0) is 52.4. The molecule has 3 fully saturated rings. The SMILES string of the molecule is CCCCCCOC(C)C1=C(C)C2=NC1=CC1=NC(=CC3=C(C)C4=C(O)CC(=C5NC(=C2)[C@@H](C)[C@@H]5CCC(=O)NCCNO[C@H]2O[C@H](CO)[C@@H](O[C@@H]5O[C@H](CO)[C@H](O)[C@H](O)[C@H]5O)[C@H](O)[C@H]2O)C4=N3)C(CC)=C1C. The van der Waals surface area contributed by atoms with Crippen LogP contribution in [0.4, 0.5) is 0 Å². The molecule has 1 unspecified atom stereocenters. The third-order valence-electron chi connectivity index (χ3n) is 15.3. The molecule has 0 aromatic rings. The molecule has 73 heavy (non-hydrogen) atoms. The van der Waals surface area contributed by atoms with Gasteiger partial charge in [0.1, 0.15) is 54.6 Å². The highest BCUT2D eigenvalue weighted by molar-refractivity contribution is 6.21. The topological polar surface area (TPSA) is 298 Å². The molecular weight excluding hydrogens is 945 g/mol. The minimum atomic E-state index is -1.79. The van der Waals surface area contributed by atoms with Crippen molar-refractivity contribution in [1.29, 1.82) is 0 Å². The van der Waals surface area contributed by atoms with Gasteiger partial charge in [-0.15, -0.1) is 0 Å². The van der Waals surface area contributed by atoms with Crippen LogP contribution in [0.15, 0.2) is 106 Å². The maximum Gasteiger partial charge on any atom is 0.220 e. The van der Waals surface area contributed by atoms with E-state index in [1.165, 1.54) is 6.42 Å². The fraction of sp³-hybridized carbons (Fsp3) is 0.623. The average Bonchev–Trinajstić information content (AvgIpc) is 4.14. The van der Waals surface area contributed by atoms with Crippen molar-refractivity contribution in [2.45, 2.75) is 167 Å². The molecule has 1 aliphatic carbocycles. The number of allylic oxidation sites excluding steroid dienone is 11. The zero-order valence-corrected chi connectivity index (χ0v) is 42.8. The molecule has 8 rings (SSSR count). The van der Waals surface area contributed by atoms with Gasteiger partial charge >= 0.3 is 0 Å². The predicted octanol–water partition coefficient (Wildman–Crippen LogP) is 2.69. The molecule has 0 aromatic heterocycles. The van der Waals surface area contributed by atoms with Crippen molar-refractivity contribution >= 4 is 23.0 Å². The van der Waals surface area contributed by atoms with Crippen LogP contribution < -0.4 is 16.1 Å². The van der Waals surface area contributed by atoms with Crippen LogP contribution in [0.5, 0.6) is 0 Å². The number of aliphatic imine (C=N–C) groups is 3. The summed E-state index contributed by atoms with van der Waals surface area (Å²) in [5.41, 5.74) is 16.0. The van der Waals surface area contributed by atoms with Crippen molar-refractivity contribution < 1.29 is 69.4 Å². The van der Waals surface area contributed by atoms with Crippen LogP contribution in [-0.2, 0) is 28.6 Å². The fourth-order valence-corrected chi connectivity index (χ4v) is 10.9. The van der Waals surface area contributed by atoms with E-state index in [0.717, 1.165) is 110 Å². The first-order chi connectivity index (χ1) is 35.0. The molecule has 1 amide bonds. The average molecular weight is 1020 g/mol. The second-order valence-corrected chi connectivity index (χ2v) is 20.0. The van der Waals surface area contributed by atoms with E-state index in [-0.39, 0.29) is 49.1 Å². The summed E-state index contributed by atoms with van der Waals surface area (Å²) < 4.78 is 23.1. The van der Waals surface area contributed by atoms with Crippen LogP contribution in [-0.4, -0.2) is 164 Å². The lowest BCUT2D eigenvalue weighted by Crippen LogP contribution is -2.65. The van der Waals surface area contributed by atoms with E-state index in [9.17, 15) is 45.6 Å². The molecule has 400 valence electrons. The Labute approximate surface area is 426 Å². The van der Waals surface area contributed by atoms with E-state index in [0.29, 0.717) is 19.4 Å². The number of hydrogen-bond acceptors (Lipinski definition) is 19. The van der Waals surface area contributed by atoms with Gasteiger partial charge in [-0.25, -0.2) is 15.0 Å². The minimum absolute atomic E-state index is 0.0581. The van der Waals surface area contributed by atoms with Gasteiger partial charge in [-0.2, -0.15) is 5.48 Å². The molecule has 0 spiro atoms. The Balaban J connectivity index is 0.955. The maximum absolute atomic E-state index is 13.5. The number of fused-ring (bicyclic) bond motifs is 5. The maximum atomic E-state index is 13.5. The van der Waals surface area contributed by atoms with E-state index in [1.807, 2.05) is 13.0 Å². The van der Waals surface area contributed by atoms with Crippen LogP contribution in [0.1, 0.15) is 99.8 Å². The van der Waals surface area contributed by atoms with E-state index < -0.39 is 74.6 Å². The summed E-state index contributed by atoms with van der Waals surface area (Å²) in [6.45, 7) is 14.1. The molecule has 8 aliphatic rings. The second-order valence-electron chi connectivity index (χ2n) is 20.0. The number of nitrogens with one attached hydrogen (secondary N) is 3. The van der Waals surface area contributed by atoms with Crippen molar-refractivity contribution in [1.82, 2.24) is 16.1 Å². The molecule has 7 heterocycles. The molecule has 20 heteroatoms. The highest BCUT2D eigenvalue weighted by Gasteiger charge is 2.51. The van der Waals surface area contributed by atoms with Gasteiger partial charge in [0.25, 0.3) is 0 Å². The van der Waals surface area contributed by atoms with Gasteiger partial charge in [0.15, 0.2) is 6.29 Å². The number of unbranched alkanes of at least 4 members (excludes halogenated alkanes) is 3. The molecular formula is C53H74N6O14. The first-order valence-electron chi connectivity index (χ1n) is 25.8. The van der Waals surface area contributed by atoms with Gasteiger partial charge in [0, 0.05) is 72.5 Å². The Morgan fingerprint density at radius 2 is 1.55 bits per heavy atom. The molecule has 0 radical (unpaired) electrons. The van der Waals surface area contributed by atoms with Crippen molar-refractivity contribution in [3.05, 3.63) is 91.5 Å². The molecule has 3 saturated heterocycles. The van der Waals surface area contributed by atoms with Crippen LogP contribution in [0.25, 0.3) is 0 Å². The van der Waals surface area contributed by atoms with Gasteiger partial charge < -0.3 is 70.4 Å². The quantitative estimate of drug-likeness (QED) is 0.0617. The Hall–Kier alpha value is -4.52. The van der Waals surface area contributed by atoms with Crippen molar-refractivity contribution in [2.24, 2.45) is 26.8 Å². The Bertz CT molecular complexity index is 2500. The highest BCUT2D eigenvalue weighted by atomic mass is 16.8. The number of ether oxygens (including phenoxy) is 4. The summed E-state index contributed by atoms with van der Waals surface area (Å²) in [5.74, 6) is -0.212. The first kappa shape index (κ1) is 54.7. The lowest BCUT2D eigenvalue weighted by molar-refractivity contribution is -0.364. The Morgan fingerprint density at radius 1 is 0.836 bits per heavy atom. The Kier molecular flexibility index (Phi) is 17.7. The lowest BCUT2D eigenvalue weighted by Gasteiger charge is -2.45. The molecule has 7 aliphatic heterocycles. The van der Waals surface area contributed by atoms with Gasteiger partial charge in [-0.05, 0) is 87.5 Å². The number of nitrogens with zero attached hydrogens (tertiary/aromatic N) is 3. The number of hydrogen-bond donors (Lipinski definition) is 11. The van der Waals surface area contributed by atoms with E-state index in [4.69, 9.17) is 38.8 Å². The standard InChI is InChI=1S/C53H74N6O14/c1-8-10-11-12-17-69-28(7)42-26(5)34-19-33-25(4)30(44(58-33)31-18-38(62)43-27(6)35(59-45(31)43)20-36-29(9-2)24(3)32(56-36)21-37(42)57-34)13-14-41(63)54-15-16-55-73-53-50(68)48(66)51(40(23-61)71-53)72-52-49(67)47(65)46(64)39(22-60)70-52/h19-21,25,28,30,39-40,46-53,55,58,60-62,64-68H,8-18,22-23H2,1-7H3,(H,54,63)/t25-,28?,30-,39+,40+,46-,47-,48+,49+,50+,51+,52-,53+/m0/s1. The van der Waals surface area contributed by atoms with Crippen LogP contribution in [0.3, 0.4) is 0 Å². The summed E-state index contributed by atoms with van der Waals surface area (Å²) in [7, 11) is 0. The largest absolute Gasteiger partial charge is 0.511 e. The Morgan fingerprint density at radius 3 is 2.27 bits per heavy atom. The van der Waals surface area contributed by atoms with E-state index in [2.05, 4.69) is 69.8 Å². The van der Waals surface area contributed by atoms with Crippen LogP contribution in [0.2, 0.25) is 0 Å². The predicted molar refractivity (Wildman–Crippen MR) is 269 cm³/mol. The number of carbonyl (C=O) groups excluding carboxylic acids is 1. The summed E-state index contributed by atoms with van der Waals surface area (Å²) >= 11 is 0. The van der Waals surface area contributed by atoms with Gasteiger partial charge in [0.05, 0.1) is 53.5 Å². The third kappa shape index (κ3) is 11.1. The second kappa shape index (κ2) is 23.6. The zero-order valence-electron chi connectivity index (χ0n) is 42.8. The van der Waals surface area contributed by atoms with Gasteiger partial charge in [0.2, 0.25) is 12.2 Å². The molecule has 8 bridgehead atoms. The summed E-state index contributed by atoms with van der Waals surface area (Å²) in [5, 5.41) is 90.3. The summed E-state index contributed by atoms with van der Waals surface area (Å²) in [6, 6.07) is 0. The minimum Gasteiger partial charge on any atom is -0.511 e. The molecule has 11 N–H and O–H groups in total. The number of aliphatic hydroxyl groups excluding tert-OH is 8. The molecule has 13 atom stereocenters. The van der Waals surface area contributed by atoms with E-state index in [1.54, 1.807) is 0 Å². The van der Waals surface area contributed by atoms with Crippen molar-refractivity contribution in [2.75, 3.05) is 32.9 Å². The molecule has 0 aromatic carbocycles. The van der Waals surface area contributed by atoms with Gasteiger partial charge in [-0.1, -0.05) is 40.0 Å². The first-order valence-corrected chi connectivity index (χ1v) is 25.8. The van der Waals surface area contributed by atoms with Crippen LogP contribution >= 0.6 is 0 Å². The molecule has 20 nitrogen and oxygen atoms in total. The number of rotatable bonds is 20. The lowest BCUT2D eigenvalue weighted by atomic mass is 9.86. The highest BCUT2D eigenvalue weighted by Crippen LogP contribution is 2.47. The van der Waals surface area contributed by atoms with Crippen molar-refractivity contribution in [3.63, 3.8) is 0 Å². The summed E-state index contributed by atoms with van der Waals surface area (Å²) in [6.07, 6.45) is -3.82. The smallest absolute Gasteiger partial charge is 0.220 e. The third-order valence-corrected chi connectivity index (χ3v) is 15.3. The number of aliphatic hydroxyl groups is 8. The number of hydroxylamine groups is 1.